The van der Waals surface area contributed by atoms with Gasteiger partial charge in [0.05, 0.1) is 13.2 Å². The highest BCUT2D eigenvalue weighted by Crippen LogP contribution is 2.15. The van der Waals surface area contributed by atoms with Gasteiger partial charge in [-0.1, -0.05) is 13.3 Å². The third-order valence-corrected chi connectivity index (χ3v) is 3.31. The summed E-state index contributed by atoms with van der Waals surface area (Å²) in [5.74, 6) is 0.719. The summed E-state index contributed by atoms with van der Waals surface area (Å²) in [6.45, 7) is 7.74. The molecule has 1 aliphatic heterocycles. The number of hydrogen-bond donors (Lipinski definition) is 1. The fraction of sp³-hybridized carbons (Fsp3) is 1.00. The van der Waals surface area contributed by atoms with Crippen molar-refractivity contribution in [2.75, 3.05) is 39.5 Å². The summed E-state index contributed by atoms with van der Waals surface area (Å²) < 4.78 is 5.31. The molecule has 1 rings (SSSR count). The Morgan fingerprint density at radius 3 is 2.60 bits per heavy atom. The third kappa shape index (κ3) is 5.50. The van der Waals surface area contributed by atoms with Crippen molar-refractivity contribution in [2.45, 2.75) is 32.6 Å². The van der Waals surface area contributed by atoms with Crippen molar-refractivity contribution >= 4 is 0 Å². The smallest absolute Gasteiger partial charge is 0.0594 e. The number of aliphatic hydroxyl groups is 1. The van der Waals surface area contributed by atoms with Crippen LogP contribution in [0.3, 0.4) is 0 Å². The Hall–Kier alpha value is -0.120. The Morgan fingerprint density at radius 1 is 1.27 bits per heavy atom. The lowest BCUT2D eigenvalue weighted by Crippen LogP contribution is -2.36. The van der Waals surface area contributed by atoms with E-state index in [9.17, 15) is 0 Å². The van der Waals surface area contributed by atoms with E-state index in [0.29, 0.717) is 6.61 Å². The van der Waals surface area contributed by atoms with Crippen LogP contribution >= 0.6 is 0 Å². The van der Waals surface area contributed by atoms with Crippen molar-refractivity contribution in [1.82, 2.24) is 4.90 Å². The van der Waals surface area contributed by atoms with Crippen LogP contribution in [0, 0.1) is 5.92 Å². The summed E-state index contributed by atoms with van der Waals surface area (Å²) in [5, 5.41) is 8.89. The third-order valence-electron chi connectivity index (χ3n) is 3.31. The standard InChI is InChI=1S/C12H25NO2/c1-2-12(5-9-14)4-3-6-13-7-10-15-11-8-13/h12,14H,2-11H2,1H3. The van der Waals surface area contributed by atoms with Crippen molar-refractivity contribution in [1.29, 1.82) is 0 Å². The molecule has 0 aliphatic carbocycles. The number of ether oxygens (including phenoxy) is 1. The minimum Gasteiger partial charge on any atom is -0.396 e. The van der Waals surface area contributed by atoms with Crippen molar-refractivity contribution in [3.8, 4) is 0 Å². The second kappa shape index (κ2) is 8.08. The minimum atomic E-state index is 0.343. The molecular formula is C12H25NO2. The molecule has 1 fully saturated rings. The molecule has 15 heavy (non-hydrogen) atoms. The molecule has 1 atom stereocenters. The van der Waals surface area contributed by atoms with Gasteiger partial charge in [0.25, 0.3) is 0 Å². The molecule has 90 valence electrons. The zero-order valence-corrected chi connectivity index (χ0v) is 9.95. The largest absolute Gasteiger partial charge is 0.396 e. The molecule has 3 heteroatoms. The Bertz CT molecular complexity index is 142. The van der Waals surface area contributed by atoms with Gasteiger partial charge in [0.2, 0.25) is 0 Å². The van der Waals surface area contributed by atoms with Crippen molar-refractivity contribution < 1.29 is 9.84 Å². The highest BCUT2D eigenvalue weighted by atomic mass is 16.5. The lowest BCUT2D eigenvalue weighted by Gasteiger charge is -2.27. The molecule has 0 radical (unpaired) electrons. The summed E-state index contributed by atoms with van der Waals surface area (Å²) >= 11 is 0. The average molecular weight is 215 g/mol. The van der Waals surface area contributed by atoms with Crippen molar-refractivity contribution in [3.05, 3.63) is 0 Å². The highest BCUT2D eigenvalue weighted by Gasteiger charge is 2.11. The molecule has 0 aromatic heterocycles. The molecule has 0 aromatic rings. The van der Waals surface area contributed by atoms with Crippen LogP contribution in [0.2, 0.25) is 0 Å². The number of morpholine rings is 1. The van der Waals surface area contributed by atoms with Gasteiger partial charge in [0, 0.05) is 19.7 Å². The SMILES string of the molecule is CCC(CCO)CCCN1CCOCC1. The first-order valence-corrected chi connectivity index (χ1v) is 6.27. The maximum absolute atomic E-state index is 8.89. The molecule has 1 aliphatic rings. The van der Waals surface area contributed by atoms with E-state index in [1.54, 1.807) is 0 Å². The molecule has 0 bridgehead atoms. The highest BCUT2D eigenvalue weighted by molar-refractivity contribution is 4.64. The van der Waals surface area contributed by atoms with Crippen LogP contribution in [0.25, 0.3) is 0 Å². The Labute approximate surface area is 93.4 Å². The van der Waals surface area contributed by atoms with E-state index in [4.69, 9.17) is 9.84 Å². The van der Waals surface area contributed by atoms with Gasteiger partial charge in [-0.15, -0.1) is 0 Å². The topological polar surface area (TPSA) is 32.7 Å². The molecule has 0 spiro atoms. The average Bonchev–Trinajstić information content (AvgIpc) is 2.29. The lowest BCUT2D eigenvalue weighted by atomic mass is 9.97. The normalized spacial score (nSPS) is 20.4. The minimum absolute atomic E-state index is 0.343. The van der Waals surface area contributed by atoms with Gasteiger partial charge in [0.15, 0.2) is 0 Å². The summed E-state index contributed by atoms with van der Waals surface area (Å²) in [4.78, 5) is 2.48. The monoisotopic (exact) mass is 215 g/mol. The van der Waals surface area contributed by atoms with E-state index in [1.807, 2.05) is 0 Å². The molecule has 1 N–H and O–H groups in total. The van der Waals surface area contributed by atoms with Crippen molar-refractivity contribution in [3.63, 3.8) is 0 Å². The Kier molecular flexibility index (Phi) is 6.98. The second-order valence-electron chi connectivity index (χ2n) is 4.38. The number of hydrogen-bond acceptors (Lipinski definition) is 3. The molecule has 3 nitrogen and oxygen atoms in total. The second-order valence-corrected chi connectivity index (χ2v) is 4.38. The molecule has 1 heterocycles. The predicted molar refractivity (Wildman–Crippen MR) is 62.0 cm³/mol. The van der Waals surface area contributed by atoms with E-state index >= 15 is 0 Å². The van der Waals surface area contributed by atoms with E-state index in [1.165, 1.54) is 25.8 Å². The zero-order chi connectivity index (χ0) is 10.9. The van der Waals surface area contributed by atoms with Crippen LogP contribution in [0.15, 0.2) is 0 Å². The lowest BCUT2D eigenvalue weighted by molar-refractivity contribution is 0.0365. The van der Waals surface area contributed by atoms with Gasteiger partial charge in [0.1, 0.15) is 0 Å². The molecular weight excluding hydrogens is 190 g/mol. The molecule has 0 amide bonds. The predicted octanol–water partition coefficient (Wildman–Crippen LogP) is 1.51. The van der Waals surface area contributed by atoms with Gasteiger partial charge in [-0.3, -0.25) is 4.90 Å². The maximum atomic E-state index is 8.89. The molecule has 1 unspecified atom stereocenters. The van der Waals surface area contributed by atoms with Gasteiger partial charge < -0.3 is 9.84 Å². The first-order valence-electron chi connectivity index (χ1n) is 6.27. The fourth-order valence-electron chi connectivity index (χ4n) is 2.16. The summed E-state index contributed by atoms with van der Waals surface area (Å²) in [6, 6.07) is 0. The van der Waals surface area contributed by atoms with Gasteiger partial charge >= 0.3 is 0 Å². The van der Waals surface area contributed by atoms with Gasteiger partial charge in [-0.25, -0.2) is 0 Å². The Balaban J connectivity index is 2.03. The van der Waals surface area contributed by atoms with Gasteiger partial charge in [-0.05, 0) is 31.7 Å². The molecule has 0 aromatic carbocycles. The number of aliphatic hydroxyl groups excluding tert-OH is 1. The van der Waals surface area contributed by atoms with Crippen LogP contribution in [0.1, 0.15) is 32.6 Å². The summed E-state index contributed by atoms with van der Waals surface area (Å²) in [6.07, 6.45) is 4.69. The van der Waals surface area contributed by atoms with Gasteiger partial charge in [-0.2, -0.15) is 0 Å². The fourth-order valence-corrected chi connectivity index (χ4v) is 2.16. The first-order chi connectivity index (χ1) is 7.36. The number of rotatable bonds is 7. The van der Waals surface area contributed by atoms with E-state index in [-0.39, 0.29) is 0 Å². The van der Waals surface area contributed by atoms with E-state index in [2.05, 4.69) is 11.8 Å². The quantitative estimate of drug-likeness (QED) is 0.698. The van der Waals surface area contributed by atoms with Crippen LogP contribution in [0.5, 0.6) is 0 Å². The Morgan fingerprint density at radius 2 is 2.00 bits per heavy atom. The summed E-state index contributed by atoms with van der Waals surface area (Å²) in [5.41, 5.74) is 0. The summed E-state index contributed by atoms with van der Waals surface area (Å²) in [7, 11) is 0. The van der Waals surface area contributed by atoms with Crippen LogP contribution in [0.4, 0.5) is 0 Å². The van der Waals surface area contributed by atoms with Crippen LogP contribution in [-0.4, -0.2) is 49.5 Å². The van der Waals surface area contributed by atoms with Crippen molar-refractivity contribution in [2.24, 2.45) is 5.92 Å². The first kappa shape index (κ1) is 12.9. The van der Waals surface area contributed by atoms with E-state index in [0.717, 1.165) is 38.6 Å². The zero-order valence-electron chi connectivity index (χ0n) is 9.95. The molecule has 0 saturated carbocycles. The number of nitrogens with zero attached hydrogens (tertiary/aromatic N) is 1. The van der Waals surface area contributed by atoms with E-state index < -0.39 is 0 Å². The maximum Gasteiger partial charge on any atom is 0.0594 e. The molecule has 1 saturated heterocycles. The van der Waals surface area contributed by atoms with Crippen LogP contribution in [-0.2, 0) is 4.74 Å². The van der Waals surface area contributed by atoms with Crippen LogP contribution < -0.4 is 0 Å².